The van der Waals surface area contributed by atoms with Crippen molar-refractivity contribution in [3.63, 3.8) is 0 Å². The van der Waals surface area contributed by atoms with Gasteiger partial charge in [-0.05, 0) is 138 Å². The van der Waals surface area contributed by atoms with Crippen molar-refractivity contribution in [2.24, 2.45) is 0 Å². The molecule has 0 aliphatic rings. The van der Waals surface area contributed by atoms with Gasteiger partial charge in [0, 0.05) is 56.4 Å². The van der Waals surface area contributed by atoms with Crippen LogP contribution in [0.25, 0.3) is 22.3 Å². The molecule has 0 bridgehead atoms. The number of nitrogens with one attached hydrogen (secondary N) is 4. The molecule has 7 aromatic rings. The molecule has 10 nitrogen and oxygen atoms in total. The Labute approximate surface area is 398 Å². The molecule has 0 fully saturated rings. The van der Waals surface area contributed by atoms with Gasteiger partial charge in [-0.15, -0.1) is 0 Å². The molecule has 4 amide bonds. The van der Waals surface area contributed by atoms with E-state index in [2.05, 4.69) is 21.3 Å². The number of nitrogen functional groups attached to an aromatic ring is 2. The highest BCUT2D eigenvalue weighted by Gasteiger charge is 2.41. The Balaban J connectivity index is 1.11. The minimum absolute atomic E-state index is 0.0244. The summed E-state index contributed by atoms with van der Waals surface area (Å²) in [6, 6.07) is 23.1. The summed E-state index contributed by atoms with van der Waals surface area (Å²) in [5.74, 6) is -3.94. The third-order valence-electron chi connectivity index (χ3n) is 10.6. The molecule has 8 N–H and O–H groups in total. The SMILES string of the molecule is Nc1ccc(C(=O)Nc2ccc(-c3ccc(NC(=O)c4cccc(C(=O)Nc5ccc(-c6ccc(NC(=O)c7ccc(N)cc7)cc6C(F)(F)F)c(C(F)(F)F)c5)c4)cc3C(F)(F)F)c(C(F)(F)F)c2)cc1. The van der Waals surface area contributed by atoms with Gasteiger partial charge in [-0.3, -0.25) is 19.2 Å². The maximum atomic E-state index is 14.5. The van der Waals surface area contributed by atoms with Crippen LogP contribution in [-0.2, 0) is 24.7 Å². The minimum atomic E-state index is -5.30. The van der Waals surface area contributed by atoms with E-state index >= 15 is 0 Å². The number of alkyl halides is 12. The van der Waals surface area contributed by atoms with Crippen molar-refractivity contribution in [2.45, 2.75) is 24.7 Å². The topological polar surface area (TPSA) is 168 Å². The summed E-state index contributed by atoms with van der Waals surface area (Å²) in [5.41, 5.74) is -0.854. The molecule has 0 radical (unpaired) electrons. The predicted molar refractivity (Wildman–Crippen MR) is 244 cm³/mol. The van der Waals surface area contributed by atoms with E-state index in [1.807, 2.05) is 0 Å². The molecule has 0 heterocycles. The van der Waals surface area contributed by atoms with Gasteiger partial charge < -0.3 is 32.7 Å². The fraction of sp³-hybridized carbons (Fsp3) is 0.0800. The van der Waals surface area contributed by atoms with Crippen LogP contribution in [0.3, 0.4) is 0 Å². The van der Waals surface area contributed by atoms with Gasteiger partial charge in [-0.25, -0.2) is 0 Å². The molecule has 370 valence electrons. The Morgan fingerprint density at radius 2 is 0.542 bits per heavy atom. The first-order chi connectivity index (χ1) is 33.6. The first-order valence-electron chi connectivity index (χ1n) is 20.6. The van der Waals surface area contributed by atoms with Crippen molar-refractivity contribution in [1.82, 2.24) is 0 Å². The molecule has 22 heteroatoms. The number of hydrogen-bond donors (Lipinski definition) is 6. The summed E-state index contributed by atoms with van der Waals surface area (Å²) in [5, 5.41) is 8.84. The van der Waals surface area contributed by atoms with Crippen molar-refractivity contribution in [3.05, 3.63) is 190 Å². The summed E-state index contributed by atoms with van der Waals surface area (Å²) >= 11 is 0. The number of anilines is 6. The number of hydrogen-bond acceptors (Lipinski definition) is 6. The smallest absolute Gasteiger partial charge is 0.399 e. The van der Waals surface area contributed by atoms with Gasteiger partial charge in [-0.1, -0.05) is 30.3 Å². The van der Waals surface area contributed by atoms with E-state index < -0.39 is 116 Å². The highest BCUT2D eigenvalue weighted by Crippen LogP contribution is 2.46. The number of amides is 4. The zero-order valence-corrected chi connectivity index (χ0v) is 36.2. The molecule has 0 unspecified atom stereocenters. The first kappa shape index (κ1) is 51.0. The molecule has 0 aromatic heterocycles. The van der Waals surface area contributed by atoms with Gasteiger partial charge in [0.05, 0.1) is 22.3 Å². The second-order valence-electron chi connectivity index (χ2n) is 15.7. The largest absolute Gasteiger partial charge is 0.417 e. The summed E-state index contributed by atoms with van der Waals surface area (Å²) in [7, 11) is 0. The third-order valence-corrected chi connectivity index (χ3v) is 10.6. The van der Waals surface area contributed by atoms with Crippen LogP contribution < -0.4 is 32.7 Å². The van der Waals surface area contributed by atoms with E-state index in [0.29, 0.717) is 47.8 Å². The molecular formula is C50H32F12N6O4. The maximum absolute atomic E-state index is 14.5. The van der Waals surface area contributed by atoms with Gasteiger partial charge in [0.1, 0.15) is 0 Å². The zero-order chi connectivity index (χ0) is 52.5. The highest BCUT2D eigenvalue weighted by molar-refractivity contribution is 6.09. The van der Waals surface area contributed by atoms with Crippen LogP contribution in [0.1, 0.15) is 63.7 Å². The van der Waals surface area contributed by atoms with Gasteiger partial charge in [0.25, 0.3) is 23.6 Å². The Kier molecular flexibility index (Phi) is 13.8. The summed E-state index contributed by atoms with van der Waals surface area (Å²) in [4.78, 5) is 52.0. The maximum Gasteiger partial charge on any atom is 0.417 e. The highest BCUT2D eigenvalue weighted by atomic mass is 19.4. The molecule has 0 saturated carbocycles. The molecule has 0 aliphatic heterocycles. The Hall–Kier alpha value is -8.82. The fourth-order valence-electron chi connectivity index (χ4n) is 7.25. The van der Waals surface area contributed by atoms with Crippen molar-refractivity contribution < 1.29 is 71.9 Å². The van der Waals surface area contributed by atoms with Gasteiger partial charge in [0.15, 0.2) is 0 Å². The minimum Gasteiger partial charge on any atom is -0.399 e. The lowest BCUT2D eigenvalue weighted by atomic mass is 9.93. The summed E-state index contributed by atoms with van der Waals surface area (Å²) in [6.07, 6.45) is -21.1. The van der Waals surface area contributed by atoms with Crippen LogP contribution in [-0.4, -0.2) is 23.6 Å². The number of halogens is 12. The monoisotopic (exact) mass is 1010 g/mol. The normalized spacial score (nSPS) is 11.9. The first-order valence-corrected chi connectivity index (χ1v) is 20.6. The zero-order valence-electron chi connectivity index (χ0n) is 36.2. The molecule has 72 heavy (non-hydrogen) atoms. The summed E-state index contributed by atoms with van der Waals surface area (Å²) < 4.78 is 174. The summed E-state index contributed by atoms with van der Waals surface area (Å²) in [6.45, 7) is 0. The van der Waals surface area contributed by atoms with Crippen molar-refractivity contribution in [1.29, 1.82) is 0 Å². The molecule has 0 spiro atoms. The van der Waals surface area contributed by atoms with Crippen LogP contribution in [0.5, 0.6) is 0 Å². The van der Waals surface area contributed by atoms with Crippen LogP contribution in [0.4, 0.5) is 86.8 Å². The van der Waals surface area contributed by atoms with Gasteiger partial charge in [-0.2, -0.15) is 52.7 Å². The molecule has 0 saturated heterocycles. The molecule has 0 aliphatic carbocycles. The molecule has 0 atom stereocenters. The van der Waals surface area contributed by atoms with E-state index in [1.165, 1.54) is 48.5 Å². The predicted octanol–water partition coefficient (Wildman–Crippen LogP) is 13.3. The fourth-order valence-corrected chi connectivity index (χ4v) is 7.25. The van der Waals surface area contributed by atoms with Crippen LogP contribution in [0, 0.1) is 0 Å². The quantitative estimate of drug-likeness (QED) is 0.0589. The van der Waals surface area contributed by atoms with E-state index in [-0.39, 0.29) is 22.3 Å². The van der Waals surface area contributed by atoms with Crippen LogP contribution in [0.15, 0.2) is 146 Å². The number of carbonyl (C=O) groups is 4. The average molecular weight is 1010 g/mol. The average Bonchev–Trinajstić information content (AvgIpc) is 3.31. The second kappa shape index (κ2) is 19.5. The van der Waals surface area contributed by atoms with Crippen molar-refractivity contribution in [2.75, 3.05) is 32.7 Å². The number of carbonyl (C=O) groups excluding carboxylic acids is 4. The molecule has 7 aromatic carbocycles. The third kappa shape index (κ3) is 11.8. The Morgan fingerprint density at radius 3 is 0.778 bits per heavy atom. The van der Waals surface area contributed by atoms with Crippen LogP contribution >= 0.6 is 0 Å². The van der Waals surface area contributed by atoms with E-state index in [0.717, 1.165) is 60.7 Å². The van der Waals surface area contributed by atoms with Crippen molar-refractivity contribution in [3.8, 4) is 22.3 Å². The van der Waals surface area contributed by atoms with Crippen LogP contribution in [0.2, 0.25) is 0 Å². The number of nitrogens with two attached hydrogens (primary N) is 2. The Morgan fingerprint density at radius 1 is 0.306 bits per heavy atom. The van der Waals surface area contributed by atoms with Gasteiger partial charge >= 0.3 is 24.7 Å². The van der Waals surface area contributed by atoms with Gasteiger partial charge in [0.2, 0.25) is 0 Å². The number of benzene rings is 7. The second-order valence-corrected chi connectivity index (χ2v) is 15.7. The van der Waals surface area contributed by atoms with E-state index in [1.54, 1.807) is 0 Å². The lowest BCUT2D eigenvalue weighted by Gasteiger charge is -2.20. The van der Waals surface area contributed by atoms with E-state index in [9.17, 15) is 71.9 Å². The lowest BCUT2D eigenvalue weighted by Crippen LogP contribution is -2.17. The van der Waals surface area contributed by atoms with E-state index in [4.69, 9.17) is 11.5 Å². The number of rotatable bonds is 10. The van der Waals surface area contributed by atoms with Crippen molar-refractivity contribution >= 4 is 57.8 Å². The standard InChI is InChI=1S/C50H32F12N6O4/c51-47(52,53)39-21-31(65-43(69)25-4-8-29(63)9-5-25)12-16-35(39)37-18-14-33(23-41(37)49(57,58)59)67-45(71)27-2-1-3-28(20-27)46(72)68-34-15-19-38(42(24-34)50(60,61)62)36-17-13-32(22-40(36)48(54,55)56)66-44(70)26-6-10-30(64)11-7-26/h1-24H,63-64H2,(H,65,69)(H,66,70)(H,67,71)(H,68,72). The lowest BCUT2D eigenvalue weighted by molar-refractivity contribution is -0.139. The molecule has 7 rings (SSSR count). The molecular weight excluding hydrogens is 977 g/mol. The Bertz CT molecular complexity index is 3030.